The van der Waals surface area contributed by atoms with Crippen molar-refractivity contribution in [3.8, 4) is 11.4 Å². The maximum absolute atomic E-state index is 4.53. The molecule has 0 fully saturated rings. The average molecular weight is 352 g/mol. The van der Waals surface area contributed by atoms with Gasteiger partial charge in [-0.05, 0) is 18.4 Å². The molecule has 0 aliphatic carbocycles. The van der Waals surface area contributed by atoms with Gasteiger partial charge in [0.2, 0.25) is 0 Å². The Morgan fingerprint density at radius 2 is 2.16 bits per heavy atom. The van der Waals surface area contributed by atoms with E-state index in [4.69, 9.17) is 0 Å². The molecule has 0 amide bonds. The highest BCUT2D eigenvalue weighted by molar-refractivity contribution is 7.16. The van der Waals surface area contributed by atoms with E-state index in [0.717, 1.165) is 39.8 Å². The Bertz CT molecular complexity index is 1060. The first-order chi connectivity index (χ1) is 12.2. The van der Waals surface area contributed by atoms with E-state index in [0.29, 0.717) is 6.54 Å². The van der Waals surface area contributed by atoms with E-state index in [-0.39, 0.29) is 6.04 Å². The summed E-state index contributed by atoms with van der Waals surface area (Å²) in [6.07, 6.45) is 5.44. The predicted molar refractivity (Wildman–Crippen MR) is 95.4 cm³/mol. The lowest BCUT2D eigenvalue weighted by Crippen LogP contribution is -2.37. The molecule has 1 aliphatic rings. The van der Waals surface area contributed by atoms with Crippen LogP contribution in [0.3, 0.4) is 0 Å². The minimum Gasteiger partial charge on any atom is -0.346 e. The van der Waals surface area contributed by atoms with Gasteiger partial charge in [0.25, 0.3) is 0 Å². The average Bonchev–Trinajstić information content (AvgIpc) is 3.32. The number of aromatic nitrogens is 7. The summed E-state index contributed by atoms with van der Waals surface area (Å²) < 4.78 is 3.99. The lowest BCUT2D eigenvalue weighted by molar-refractivity contribution is 0.465. The van der Waals surface area contributed by atoms with Crippen molar-refractivity contribution >= 4 is 27.4 Å². The van der Waals surface area contributed by atoms with Gasteiger partial charge in [-0.15, -0.1) is 21.5 Å². The number of fused-ring (bicyclic) bond motifs is 2. The van der Waals surface area contributed by atoms with Gasteiger partial charge < -0.3 is 9.47 Å². The monoisotopic (exact) mass is 352 g/mol. The minimum atomic E-state index is 0.234. The van der Waals surface area contributed by atoms with Crippen molar-refractivity contribution < 1.29 is 0 Å². The molecule has 0 unspecified atom stereocenters. The second-order valence-electron chi connectivity index (χ2n) is 6.28. The van der Waals surface area contributed by atoms with Gasteiger partial charge in [-0.25, -0.2) is 9.97 Å². The molecule has 5 heterocycles. The highest BCUT2D eigenvalue weighted by Gasteiger charge is 2.29. The molecule has 0 saturated carbocycles. The Balaban J connectivity index is 1.56. The number of hydrogen-bond acceptors (Lipinski definition) is 7. The number of aryl methyl sites for hydroxylation is 1. The Labute approximate surface area is 147 Å². The van der Waals surface area contributed by atoms with Gasteiger partial charge in [-0.3, -0.25) is 4.68 Å². The van der Waals surface area contributed by atoms with E-state index in [1.165, 1.54) is 0 Å². The third-order valence-electron chi connectivity index (χ3n) is 4.53. The number of rotatable bonds is 2. The topological polar surface area (TPSA) is 77.6 Å². The van der Waals surface area contributed by atoms with Crippen LogP contribution in [-0.4, -0.2) is 41.1 Å². The van der Waals surface area contributed by atoms with E-state index in [2.05, 4.69) is 53.1 Å². The fourth-order valence-electron chi connectivity index (χ4n) is 3.45. The molecule has 0 N–H and O–H groups in total. The Hall–Kier alpha value is -2.81. The molecule has 0 saturated heterocycles. The maximum Gasteiger partial charge on any atom is 0.167 e. The van der Waals surface area contributed by atoms with E-state index >= 15 is 0 Å². The fraction of sp³-hybridized carbons (Fsp3) is 0.312. The number of nitrogens with zero attached hydrogens (tertiary/aromatic N) is 8. The third-order valence-corrected chi connectivity index (χ3v) is 5.35. The smallest absolute Gasteiger partial charge is 0.167 e. The zero-order valence-corrected chi connectivity index (χ0v) is 14.7. The van der Waals surface area contributed by atoms with Crippen molar-refractivity contribution in [1.82, 2.24) is 34.5 Å². The van der Waals surface area contributed by atoms with Crippen molar-refractivity contribution in [3.63, 3.8) is 0 Å². The summed E-state index contributed by atoms with van der Waals surface area (Å²) in [7, 11) is 1.91. The molecule has 0 spiro atoms. The van der Waals surface area contributed by atoms with Crippen LogP contribution in [0, 0.1) is 0 Å². The van der Waals surface area contributed by atoms with E-state index in [1.54, 1.807) is 22.3 Å². The summed E-state index contributed by atoms with van der Waals surface area (Å²) in [6, 6.07) is 2.32. The van der Waals surface area contributed by atoms with Crippen LogP contribution < -0.4 is 4.90 Å². The van der Waals surface area contributed by atoms with Gasteiger partial charge in [-0.2, -0.15) is 5.10 Å². The van der Waals surface area contributed by atoms with Crippen molar-refractivity contribution in [1.29, 1.82) is 0 Å². The predicted octanol–water partition coefficient (Wildman–Crippen LogP) is 2.26. The van der Waals surface area contributed by atoms with Gasteiger partial charge in [0.15, 0.2) is 11.6 Å². The highest BCUT2D eigenvalue weighted by atomic mass is 32.1. The molecule has 0 aromatic carbocycles. The number of hydrogen-bond donors (Lipinski definition) is 0. The normalized spacial score (nSPS) is 17.2. The molecule has 0 bridgehead atoms. The van der Waals surface area contributed by atoms with Crippen LogP contribution >= 0.6 is 11.3 Å². The van der Waals surface area contributed by atoms with Crippen molar-refractivity contribution in [2.75, 3.05) is 11.4 Å². The summed E-state index contributed by atoms with van der Waals surface area (Å²) in [5.74, 6) is 2.79. The fourth-order valence-corrected chi connectivity index (χ4v) is 4.18. The Morgan fingerprint density at radius 3 is 3.00 bits per heavy atom. The van der Waals surface area contributed by atoms with Crippen LogP contribution in [0.2, 0.25) is 0 Å². The van der Waals surface area contributed by atoms with Gasteiger partial charge in [-0.1, -0.05) is 0 Å². The molecule has 126 valence electrons. The Morgan fingerprint density at radius 1 is 1.24 bits per heavy atom. The number of anilines is 1. The largest absolute Gasteiger partial charge is 0.346 e. The highest BCUT2D eigenvalue weighted by Crippen LogP contribution is 2.33. The summed E-state index contributed by atoms with van der Waals surface area (Å²) in [5, 5.41) is 16.2. The van der Waals surface area contributed by atoms with Crippen LogP contribution in [0.15, 0.2) is 30.2 Å². The molecule has 4 aromatic rings. The van der Waals surface area contributed by atoms with E-state index in [1.807, 2.05) is 19.4 Å². The second-order valence-corrected chi connectivity index (χ2v) is 7.17. The quantitative estimate of drug-likeness (QED) is 0.551. The van der Waals surface area contributed by atoms with Crippen molar-refractivity contribution in [2.45, 2.75) is 19.5 Å². The molecule has 8 nitrogen and oxygen atoms in total. The summed E-state index contributed by atoms with van der Waals surface area (Å²) >= 11 is 1.64. The van der Waals surface area contributed by atoms with E-state index < -0.39 is 0 Å². The van der Waals surface area contributed by atoms with Crippen LogP contribution in [0.5, 0.6) is 0 Å². The van der Waals surface area contributed by atoms with Crippen LogP contribution in [-0.2, 0) is 13.6 Å². The first kappa shape index (κ1) is 14.5. The number of thiophene rings is 1. The van der Waals surface area contributed by atoms with Crippen LogP contribution in [0.25, 0.3) is 21.6 Å². The van der Waals surface area contributed by atoms with Crippen molar-refractivity contribution in [2.24, 2.45) is 7.05 Å². The maximum atomic E-state index is 4.53. The molecule has 9 heteroatoms. The molecule has 5 rings (SSSR count). The molecule has 1 aliphatic heterocycles. The molecule has 25 heavy (non-hydrogen) atoms. The van der Waals surface area contributed by atoms with Gasteiger partial charge >= 0.3 is 0 Å². The van der Waals surface area contributed by atoms with Gasteiger partial charge in [0, 0.05) is 19.8 Å². The molecule has 0 radical (unpaired) electrons. The van der Waals surface area contributed by atoms with E-state index in [9.17, 15) is 0 Å². The Kier molecular flexibility index (Phi) is 3.11. The first-order valence-corrected chi connectivity index (χ1v) is 8.94. The molecular formula is C16H16N8S. The molecule has 4 aromatic heterocycles. The first-order valence-electron chi connectivity index (χ1n) is 8.06. The lowest BCUT2D eigenvalue weighted by Gasteiger charge is -2.33. The van der Waals surface area contributed by atoms with Crippen molar-refractivity contribution in [3.05, 3.63) is 36.0 Å². The van der Waals surface area contributed by atoms with Gasteiger partial charge in [0.1, 0.15) is 17.0 Å². The SMILES string of the molecule is C[C@H]1CN(c2ncnc3sccc23)Cc2nnc(-c3cnn(C)c3)n21. The van der Waals surface area contributed by atoms with Crippen LogP contribution in [0.1, 0.15) is 18.8 Å². The zero-order chi connectivity index (χ0) is 17.0. The molecule has 1 atom stereocenters. The van der Waals surface area contributed by atoms with Gasteiger partial charge in [0.05, 0.1) is 29.7 Å². The van der Waals surface area contributed by atoms with Crippen LogP contribution in [0.4, 0.5) is 5.82 Å². The summed E-state index contributed by atoms with van der Waals surface area (Å²) in [6.45, 7) is 3.71. The standard InChI is InChI=1S/C16H16N8S/c1-10-6-23(15-12-3-4-25-16(12)18-9-17-15)8-13-20-21-14(24(10)13)11-5-19-22(2)7-11/h3-5,7,9-10H,6,8H2,1-2H3/t10-/m0/s1. The lowest BCUT2D eigenvalue weighted by atomic mass is 10.2. The third kappa shape index (κ3) is 2.23. The molecular weight excluding hydrogens is 336 g/mol. The summed E-state index contributed by atoms with van der Waals surface area (Å²) in [4.78, 5) is 12.2. The minimum absolute atomic E-state index is 0.234. The zero-order valence-electron chi connectivity index (χ0n) is 13.9. The summed E-state index contributed by atoms with van der Waals surface area (Å²) in [5.41, 5.74) is 0.990. The second kappa shape index (κ2) is 5.35.